The van der Waals surface area contributed by atoms with Crippen molar-refractivity contribution in [1.82, 2.24) is 14.7 Å². The van der Waals surface area contributed by atoms with Gasteiger partial charge in [0, 0.05) is 19.4 Å². The van der Waals surface area contributed by atoms with Crippen molar-refractivity contribution >= 4 is 10.0 Å². The predicted octanol–water partition coefficient (Wildman–Crippen LogP) is -1.07. The molecule has 10 heteroatoms. The summed E-state index contributed by atoms with van der Waals surface area (Å²) >= 11 is 0. The Morgan fingerprint density at radius 3 is 2.78 bits per heavy atom. The molecule has 2 fully saturated rings. The van der Waals surface area contributed by atoms with E-state index in [1.165, 1.54) is 0 Å². The maximum atomic E-state index is 12.4. The summed E-state index contributed by atoms with van der Waals surface area (Å²) in [5.41, 5.74) is -1.71. The first kappa shape index (κ1) is 16.4. The van der Waals surface area contributed by atoms with Gasteiger partial charge in [-0.25, -0.2) is 17.9 Å². The van der Waals surface area contributed by atoms with Crippen molar-refractivity contribution in [2.45, 2.75) is 36.3 Å². The number of aromatic amines is 2. The van der Waals surface area contributed by atoms with Crippen LogP contribution in [0.1, 0.15) is 19.3 Å². The van der Waals surface area contributed by atoms with Crippen LogP contribution in [0.5, 0.6) is 0 Å². The highest BCUT2D eigenvalue weighted by molar-refractivity contribution is 7.89. The molecule has 1 aromatic rings. The number of H-pyrrole nitrogens is 2. The molecule has 23 heavy (non-hydrogen) atoms. The number of ether oxygens (including phenoxy) is 2. The summed E-state index contributed by atoms with van der Waals surface area (Å²) < 4.78 is 38.4. The summed E-state index contributed by atoms with van der Waals surface area (Å²) in [6, 6.07) is -0.473. The number of hydrogen-bond acceptors (Lipinski definition) is 6. The van der Waals surface area contributed by atoms with Gasteiger partial charge in [0.1, 0.15) is 0 Å². The standard InChI is InChI=1S/C13H19N3O6S/c17-12-11(5-14-13(18)15-12)23(19,20)16-9-3-4-21-7-10(9)22-6-8-1-2-8/h5,8-10,16H,1-4,6-7H2,(H2,14,15,17,18)/t9-,10-/m1/s1. The molecule has 2 heterocycles. The smallest absolute Gasteiger partial charge is 0.325 e. The molecule has 0 spiro atoms. The SMILES string of the molecule is O=c1[nH]cc(S(=O)(=O)N[C@@H]2CCOC[C@H]2OCC2CC2)c(=O)[nH]1. The van der Waals surface area contributed by atoms with Gasteiger partial charge in [-0.05, 0) is 25.2 Å². The van der Waals surface area contributed by atoms with Crippen LogP contribution < -0.4 is 16.0 Å². The van der Waals surface area contributed by atoms with Gasteiger partial charge in [-0.3, -0.25) is 9.78 Å². The largest absolute Gasteiger partial charge is 0.379 e. The molecule has 128 valence electrons. The molecule has 0 aromatic carbocycles. The van der Waals surface area contributed by atoms with Gasteiger partial charge >= 0.3 is 5.69 Å². The molecule has 0 amide bonds. The van der Waals surface area contributed by atoms with Crippen molar-refractivity contribution in [2.24, 2.45) is 5.92 Å². The molecule has 2 atom stereocenters. The Hall–Kier alpha value is -1.49. The van der Waals surface area contributed by atoms with Crippen LogP contribution in [0.25, 0.3) is 0 Å². The highest BCUT2D eigenvalue weighted by Crippen LogP contribution is 2.30. The van der Waals surface area contributed by atoms with Gasteiger partial charge in [0.2, 0.25) is 10.0 Å². The Balaban J connectivity index is 1.74. The summed E-state index contributed by atoms with van der Waals surface area (Å²) in [7, 11) is -4.06. The van der Waals surface area contributed by atoms with Crippen molar-refractivity contribution in [3.63, 3.8) is 0 Å². The third-order valence-corrected chi connectivity index (χ3v) is 5.42. The van der Waals surface area contributed by atoms with E-state index in [0.29, 0.717) is 32.2 Å². The van der Waals surface area contributed by atoms with E-state index in [1.807, 2.05) is 4.98 Å². The van der Waals surface area contributed by atoms with E-state index >= 15 is 0 Å². The first-order valence-electron chi connectivity index (χ1n) is 7.49. The minimum Gasteiger partial charge on any atom is -0.379 e. The zero-order chi connectivity index (χ0) is 16.4. The molecule has 0 unspecified atom stereocenters. The van der Waals surface area contributed by atoms with Gasteiger partial charge in [0.15, 0.2) is 4.90 Å². The molecule has 0 bridgehead atoms. The lowest BCUT2D eigenvalue weighted by Gasteiger charge is -2.31. The third kappa shape index (κ3) is 4.08. The molecule has 1 aromatic heterocycles. The minimum absolute atomic E-state index is 0.307. The van der Waals surface area contributed by atoms with Crippen molar-refractivity contribution < 1.29 is 17.9 Å². The molecule has 1 saturated carbocycles. The monoisotopic (exact) mass is 345 g/mol. The highest BCUT2D eigenvalue weighted by atomic mass is 32.2. The maximum Gasteiger partial charge on any atom is 0.325 e. The molecule has 1 aliphatic carbocycles. The topological polar surface area (TPSA) is 130 Å². The summed E-state index contributed by atoms with van der Waals surface area (Å²) in [6.07, 6.45) is 3.23. The second-order valence-corrected chi connectivity index (χ2v) is 7.53. The van der Waals surface area contributed by atoms with Gasteiger partial charge < -0.3 is 14.5 Å². The van der Waals surface area contributed by atoms with Crippen LogP contribution >= 0.6 is 0 Å². The summed E-state index contributed by atoms with van der Waals surface area (Å²) in [5.74, 6) is 0.552. The van der Waals surface area contributed by atoms with E-state index < -0.39 is 32.2 Å². The molecular weight excluding hydrogens is 326 g/mol. The van der Waals surface area contributed by atoms with E-state index in [4.69, 9.17) is 9.47 Å². The molecule has 1 saturated heterocycles. The Labute approximate surface area is 132 Å². The zero-order valence-electron chi connectivity index (χ0n) is 12.4. The minimum atomic E-state index is -4.06. The fourth-order valence-corrected chi connectivity index (χ4v) is 3.72. The van der Waals surface area contributed by atoms with Crippen LogP contribution in [0.15, 0.2) is 20.7 Å². The lowest BCUT2D eigenvalue weighted by atomic mass is 10.1. The number of nitrogens with one attached hydrogen (secondary N) is 3. The van der Waals surface area contributed by atoms with Crippen molar-refractivity contribution in [2.75, 3.05) is 19.8 Å². The first-order chi connectivity index (χ1) is 11.0. The Morgan fingerprint density at radius 1 is 1.30 bits per heavy atom. The fraction of sp³-hybridized carbons (Fsp3) is 0.692. The maximum absolute atomic E-state index is 12.4. The van der Waals surface area contributed by atoms with Crippen LogP contribution in [0.4, 0.5) is 0 Å². The fourth-order valence-electron chi connectivity index (χ4n) is 2.41. The summed E-state index contributed by atoms with van der Waals surface area (Å²) in [4.78, 5) is 26.2. The van der Waals surface area contributed by atoms with Crippen molar-refractivity contribution in [3.8, 4) is 0 Å². The van der Waals surface area contributed by atoms with Crippen LogP contribution in [0.2, 0.25) is 0 Å². The van der Waals surface area contributed by atoms with Crippen molar-refractivity contribution in [1.29, 1.82) is 0 Å². The van der Waals surface area contributed by atoms with E-state index in [0.717, 1.165) is 19.0 Å². The molecule has 1 aliphatic heterocycles. The quantitative estimate of drug-likeness (QED) is 0.601. The van der Waals surface area contributed by atoms with Gasteiger partial charge in [0.05, 0.1) is 18.8 Å². The summed E-state index contributed by atoms with van der Waals surface area (Å²) in [5, 5.41) is 0. The third-order valence-electron chi connectivity index (χ3n) is 3.93. The summed E-state index contributed by atoms with van der Waals surface area (Å²) in [6.45, 7) is 1.31. The highest BCUT2D eigenvalue weighted by Gasteiger charge is 2.33. The Bertz CT molecular complexity index is 766. The van der Waals surface area contributed by atoms with Gasteiger partial charge in [0.25, 0.3) is 5.56 Å². The zero-order valence-corrected chi connectivity index (χ0v) is 13.2. The second kappa shape index (κ2) is 6.56. The van der Waals surface area contributed by atoms with Crippen LogP contribution in [0, 0.1) is 5.92 Å². The number of rotatable bonds is 6. The molecule has 2 aliphatic rings. The van der Waals surface area contributed by atoms with Gasteiger partial charge in [-0.1, -0.05) is 0 Å². The van der Waals surface area contributed by atoms with Crippen LogP contribution in [-0.4, -0.2) is 50.4 Å². The molecule has 3 rings (SSSR count). The van der Waals surface area contributed by atoms with E-state index in [2.05, 4.69) is 9.71 Å². The molecule has 9 nitrogen and oxygen atoms in total. The lowest BCUT2D eigenvalue weighted by Crippen LogP contribution is -2.50. The number of sulfonamides is 1. The van der Waals surface area contributed by atoms with E-state index in [-0.39, 0.29) is 6.10 Å². The molecule has 3 N–H and O–H groups in total. The Kier molecular flexibility index (Phi) is 4.67. The normalized spacial score (nSPS) is 25.4. The van der Waals surface area contributed by atoms with Gasteiger partial charge in [-0.2, -0.15) is 0 Å². The average Bonchev–Trinajstić information content (AvgIpc) is 3.29. The van der Waals surface area contributed by atoms with Crippen LogP contribution in [-0.2, 0) is 19.5 Å². The first-order valence-corrected chi connectivity index (χ1v) is 8.98. The van der Waals surface area contributed by atoms with E-state index in [9.17, 15) is 18.0 Å². The number of aromatic nitrogens is 2. The molecular formula is C13H19N3O6S. The number of hydrogen-bond donors (Lipinski definition) is 3. The molecule has 0 radical (unpaired) electrons. The van der Waals surface area contributed by atoms with Crippen molar-refractivity contribution in [3.05, 3.63) is 27.0 Å². The lowest BCUT2D eigenvalue weighted by molar-refractivity contribution is -0.0672. The Morgan fingerprint density at radius 2 is 2.09 bits per heavy atom. The van der Waals surface area contributed by atoms with E-state index in [1.54, 1.807) is 0 Å². The van der Waals surface area contributed by atoms with Crippen LogP contribution in [0.3, 0.4) is 0 Å². The predicted molar refractivity (Wildman–Crippen MR) is 79.7 cm³/mol. The second-order valence-electron chi connectivity index (χ2n) is 5.84. The average molecular weight is 345 g/mol. The van der Waals surface area contributed by atoms with Gasteiger partial charge in [-0.15, -0.1) is 0 Å².